The molecule has 0 fully saturated rings. The van der Waals surface area contributed by atoms with E-state index >= 15 is 0 Å². The molecule has 0 spiro atoms. The molecule has 0 aromatic rings. The second-order valence-electron chi connectivity index (χ2n) is 1.59. The van der Waals surface area contributed by atoms with Crippen LogP contribution in [0.3, 0.4) is 0 Å². The molecule has 0 amide bonds. The minimum absolute atomic E-state index is 0.597. The predicted octanol–water partition coefficient (Wildman–Crippen LogP) is 1.41. The molecule has 1 atom stereocenters. The largest absolute Gasteiger partial charge is 0.507 e. The van der Waals surface area contributed by atoms with Crippen LogP contribution in [0.25, 0.3) is 0 Å². The highest BCUT2D eigenvalue weighted by molar-refractivity contribution is 7.39. The molecule has 0 saturated heterocycles. The van der Waals surface area contributed by atoms with Gasteiger partial charge in [-0.25, -0.2) is 0 Å². The Kier molecular flexibility index (Phi) is 6.16. The normalized spacial score (nSPS) is 11.6. The van der Waals surface area contributed by atoms with Crippen molar-refractivity contribution >= 4 is 8.03 Å². The lowest BCUT2D eigenvalue weighted by atomic mass is 10.5. The van der Waals surface area contributed by atoms with E-state index in [1.54, 1.807) is 7.11 Å². The van der Waals surface area contributed by atoms with Crippen LogP contribution in [0.2, 0.25) is 0 Å². The van der Waals surface area contributed by atoms with Crippen molar-refractivity contribution in [2.24, 2.45) is 0 Å². The number of methoxy groups -OCH3 is 1. The summed E-state index contributed by atoms with van der Waals surface area (Å²) in [6, 6.07) is 0. The third-order valence-electron chi connectivity index (χ3n) is 0.893. The van der Waals surface area contributed by atoms with Crippen LogP contribution in [-0.4, -0.2) is 27.0 Å². The molecular weight excluding hydrogens is 139 g/mol. The van der Waals surface area contributed by atoms with Gasteiger partial charge in [0.15, 0.2) is 6.16 Å². The molecule has 0 radical (unpaired) electrons. The van der Waals surface area contributed by atoms with Crippen molar-refractivity contribution in [1.29, 1.82) is 0 Å². The highest BCUT2D eigenvalue weighted by atomic mass is 31.1. The summed E-state index contributed by atoms with van der Waals surface area (Å²) in [4.78, 5) is 0. The molecule has 0 heterocycles. The molecule has 0 aromatic carbocycles. The first kappa shape index (κ1) is 9.02. The van der Waals surface area contributed by atoms with Crippen LogP contribution in [0.4, 0.5) is 0 Å². The molecule has 4 heteroatoms. The lowest BCUT2D eigenvalue weighted by Gasteiger charge is -1.88. The Morgan fingerprint density at radius 1 is 1.44 bits per heavy atom. The van der Waals surface area contributed by atoms with Gasteiger partial charge in [0.05, 0.1) is 13.7 Å². The van der Waals surface area contributed by atoms with Gasteiger partial charge in [-0.1, -0.05) is 0 Å². The lowest BCUT2D eigenvalue weighted by molar-refractivity contribution is 0.199. The van der Waals surface area contributed by atoms with Gasteiger partial charge in [0.1, 0.15) is 0 Å². The van der Waals surface area contributed by atoms with Crippen LogP contribution in [0, 0.1) is 0 Å². The number of hydrogen-bond donors (Lipinski definition) is 0. The van der Waals surface area contributed by atoms with Gasteiger partial charge in [0.2, 0.25) is 0 Å². The number of rotatable bonds is 5. The van der Waals surface area contributed by atoms with E-state index in [0.29, 0.717) is 12.8 Å². The van der Waals surface area contributed by atoms with Crippen molar-refractivity contribution in [3.63, 3.8) is 0 Å². The molecular formula is C5H12O3P+. The predicted molar refractivity (Wildman–Crippen MR) is 36.0 cm³/mol. The zero-order chi connectivity index (χ0) is 7.11. The molecule has 0 aromatic heterocycles. The fourth-order valence-corrected chi connectivity index (χ4v) is 0.999. The Hall–Kier alpha value is 0.0200. The third-order valence-corrected chi connectivity index (χ3v) is 1.98. The van der Waals surface area contributed by atoms with E-state index < -0.39 is 8.03 Å². The second kappa shape index (κ2) is 6.14. The van der Waals surface area contributed by atoms with Crippen LogP contribution < -0.4 is 0 Å². The quantitative estimate of drug-likeness (QED) is 0.440. The molecule has 0 aliphatic rings. The van der Waals surface area contributed by atoms with Crippen LogP contribution in [0.1, 0.15) is 6.42 Å². The van der Waals surface area contributed by atoms with Gasteiger partial charge in [-0.15, -0.1) is 4.52 Å². The summed E-state index contributed by atoms with van der Waals surface area (Å²) in [5.74, 6) is 0. The van der Waals surface area contributed by atoms with Gasteiger partial charge in [0.25, 0.3) is 0 Å². The van der Waals surface area contributed by atoms with Crippen molar-refractivity contribution in [1.82, 2.24) is 0 Å². The van der Waals surface area contributed by atoms with E-state index in [0.717, 1.165) is 6.42 Å². The summed E-state index contributed by atoms with van der Waals surface area (Å²) in [6.45, 7) is 0.657. The average molecular weight is 151 g/mol. The Morgan fingerprint density at radius 2 is 2.11 bits per heavy atom. The first-order valence-corrected chi connectivity index (χ1v) is 4.15. The van der Waals surface area contributed by atoms with E-state index in [9.17, 15) is 4.57 Å². The van der Waals surface area contributed by atoms with Crippen molar-refractivity contribution in [2.45, 2.75) is 6.42 Å². The Morgan fingerprint density at radius 3 is 2.56 bits per heavy atom. The fourth-order valence-electron chi connectivity index (χ4n) is 0.429. The van der Waals surface area contributed by atoms with E-state index in [2.05, 4.69) is 4.52 Å². The molecule has 0 saturated carbocycles. The van der Waals surface area contributed by atoms with Gasteiger partial charge >= 0.3 is 8.03 Å². The highest BCUT2D eigenvalue weighted by Crippen LogP contribution is 2.20. The molecule has 0 aliphatic carbocycles. The van der Waals surface area contributed by atoms with Crippen molar-refractivity contribution in [3.8, 4) is 0 Å². The summed E-state index contributed by atoms with van der Waals surface area (Å²) in [5, 5.41) is 0. The standard InChI is InChI=1S/C5H12O3P/c1-7-4-3-5-9(6)8-2/h3-5H2,1-2H3/q+1. The minimum atomic E-state index is -1.42. The molecule has 3 nitrogen and oxygen atoms in total. The monoisotopic (exact) mass is 151 g/mol. The zero-order valence-electron chi connectivity index (χ0n) is 5.79. The van der Waals surface area contributed by atoms with Gasteiger partial charge in [-0.2, -0.15) is 0 Å². The summed E-state index contributed by atoms with van der Waals surface area (Å²) in [5.41, 5.74) is 0. The third kappa shape index (κ3) is 5.90. The molecule has 9 heavy (non-hydrogen) atoms. The van der Waals surface area contributed by atoms with E-state index in [1.807, 2.05) is 0 Å². The minimum Gasteiger partial charge on any atom is -0.385 e. The van der Waals surface area contributed by atoms with Crippen LogP contribution >= 0.6 is 8.03 Å². The topological polar surface area (TPSA) is 35.5 Å². The first-order chi connectivity index (χ1) is 4.31. The van der Waals surface area contributed by atoms with Crippen LogP contribution in [0.15, 0.2) is 0 Å². The maximum atomic E-state index is 10.6. The number of ether oxygens (including phenoxy) is 1. The van der Waals surface area contributed by atoms with E-state index in [1.165, 1.54) is 7.11 Å². The summed E-state index contributed by atoms with van der Waals surface area (Å²) in [7, 11) is 1.65. The van der Waals surface area contributed by atoms with Crippen molar-refractivity contribution in [2.75, 3.05) is 27.0 Å². The molecule has 0 N–H and O–H groups in total. The maximum absolute atomic E-state index is 10.6. The van der Waals surface area contributed by atoms with Crippen molar-refractivity contribution < 1.29 is 13.8 Å². The van der Waals surface area contributed by atoms with Crippen molar-refractivity contribution in [3.05, 3.63) is 0 Å². The summed E-state index contributed by atoms with van der Waals surface area (Å²) in [6.07, 6.45) is 1.40. The Labute approximate surface area is 56.2 Å². The molecule has 0 rings (SSSR count). The van der Waals surface area contributed by atoms with Gasteiger partial charge in [0, 0.05) is 13.5 Å². The van der Waals surface area contributed by atoms with E-state index in [4.69, 9.17) is 4.74 Å². The van der Waals surface area contributed by atoms with Gasteiger partial charge in [-0.3, -0.25) is 0 Å². The molecule has 0 aliphatic heterocycles. The fraction of sp³-hybridized carbons (Fsp3) is 1.00. The highest BCUT2D eigenvalue weighted by Gasteiger charge is 2.11. The van der Waals surface area contributed by atoms with Crippen LogP contribution in [0.5, 0.6) is 0 Å². The summed E-state index contributed by atoms with van der Waals surface area (Å²) < 4.78 is 19.9. The zero-order valence-corrected chi connectivity index (χ0v) is 6.69. The van der Waals surface area contributed by atoms with E-state index in [-0.39, 0.29) is 0 Å². The molecule has 54 valence electrons. The van der Waals surface area contributed by atoms with Gasteiger partial charge < -0.3 is 4.74 Å². The molecule has 1 unspecified atom stereocenters. The van der Waals surface area contributed by atoms with Gasteiger partial charge in [-0.05, 0) is 4.57 Å². The second-order valence-corrected chi connectivity index (χ2v) is 3.06. The Balaban J connectivity index is 2.97. The Bertz CT molecular complexity index is 84.3. The lowest BCUT2D eigenvalue weighted by Crippen LogP contribution is -1.90. The first-order valence-electron chi connectivity index (χ1n) is 2.79. The van der Waals surface area contributed by atoms with Crippen LogP contribution in [-0.2, 0) is 13.8 Å². The smallest absolute Gasteiger partial charge is 0.385 e. The SMILES string of the molecule is COCCC[P+](=O)OC. The average Bonchev–Trinajstić information content (AvgIpc) is 1.89. The number of hydrogen-bond acceptors (Lipinski definition) is 3. The molecule has 0 bridgehead atoms. The summed E-state index contributed by atoms with van der Waals surface area (Å²) >= 11 is 0. The maximum Gasteiger partial charge on any atom is 0.507 e.